The molecule has 8 heteroatoms. The van der Waals surface area contributed by atoms with Gasteiger partial charge in [0.2, 0.25) is 0 Å². The first-order chi connectivity index (χ1) is 11.9. The lowest BCUT2D eigenvalue weighted by molar-refractivity contribution is -0.132. The number of halogens is 1. The number of amides is 2. The molecule has 25 heavy (non-hydrogen) atoms. The Morgan fingerprint density at radius 1 is 0.960 bits per heavy atom. The molecule has 0 heterocycles. The fourth-order valence-electron chi connectivity index (χ4n) is 1.93. The van der Waals surface area contributed by atoms with Crippen molar-refractivity contribution < 1.29 is 23.9 Å². The molecule has 0 fully saturated rings. The molecule has 2 N–H and O–H groups in total. The fraction of sp³-hybridized carbons (Fsp3) is 0.118. The quantitative estimate of drug-likeness (QED) is 0.644. The first-order valence-electron chi connectivity index (χ1n) is 7.09. The third-order valence-corrected chi connectivity index (χ3v) is 3.50. The van der Waals surface area contributed by atoms with Gasteiger partial charge in [-0.3, -0.25) is 9.59 Å². The minimum absolute atomic E-state index is 0.121. The van der Waals surface area contributed by atoms with Gasteiger partial charge in [-0.15, -0.1) is 0 Å². The Kier molecular flexibility index (Phi) is 5.97. The molecule has 7 nitrogen and oxygen atoms in total. The number of carbonyl (C=O) groups is 3. The van der Waals surface area contributed by atoms with Crippen LogP contribution in [0.25, 0.3) is 0 Å². The molecule has 0 saturated carbocycles. The van der Waals surface area contributed by atoms with Crippen molar-refractivity contribution in [1.29, 1.82) is 0 Å². The van der Waals surface area contributed by atoms with E-state index in [-0.39, 0.29) is 16.3 Å². The van der Waals surface area contributed by atoms with Crippen LogP contribution in [0.1, 0.15) is 10.4 Å². The average Bonchev–Trinajstić information content (AvgIpc) is 2.62. The molecule has 2 rings (SSSR count). The fourth-order valence-corrected chi connectivity index (χ4v) is 2.10. The van der Waals surface area contributed by atoms with Crippen LogP contribution in [0.5, 0.6) is 5.75 Å². The lowest BCUT2D eigenvalue weighted by atomic mass is 10.2. The predicted octanol–water partition coefficient (Wildman–Crippen LogP) is 2.71. The summed E-state index contributed by atoms with van der Waals surface area (Å²) in [5.74, 6) is -1.89. The molecule has 2 amide bonds. The van der Waals surface area contributed by atoms with Crippen molar-refractivity contribution in [3.8, 4) is 5.75 Å². The molecule has 130 valence electrons. The predicted molar refractivity (Wildman–Crippen MR) is 93.0 cm³/mol. The summed E-state index contributed by atoms with van der Waals surface area (Å²) in [5, 5.41) is 4.97. The first-order valence-corrected chi connectivity index (χ1v) is 7.46. The number of benzene rings is 2. The van der Waals surface area contributed by atoms with Crippen LogP contribution in [0.15, 0.2) is 42.5 Å². The van der Waals surface area contributed by atoms with Gasteiger partial charge in [0.05, 0.1) is 30.5 Å². The second-order valence-corrected chi connectivity index (χ2v) is 5.23. The zero-order valence-corrected chi connectivity index (χ0v) is 14.2. The van der Waals surface area contributed by atoms with Crippen LogP contribution in [-0.4, -0.2) is 32.0 Å². The van der Waals surface area contributed by atoms with Crippen molar-refractivity contribution in [2.24, 2.45) is 0 Å². The largest absolute Gasteiger partial charge is 0.497 e. The first kappa shape index (κ1) is 18.3. The maximum absolute atomic E-state index is 12.0. The van der Waals surface area contributed by atoms with Crippen molar-refractivity contribution >= 4 is 40.8 Å². The van der Waals surface area contributed by atoms with Gasteiger partial charge in [-0.25, -0.2) is 4.79 Å². The topological polar surface area (TPSA) is 93.7 Å². The van der Waals surface area contributed by atoms with Crippen molar-refractivity contribution in [3.05, 3.63) is 53.1 Å². The molecule has 0 aliphatic rings. The molecule has 0 atom stereocenters. The molecular weight excluding hydrogens is 348 g/mol. The SMILES string of the molecule is COC(=O)c1ccc(Cl)c(NC(=O)C(=O)Nc2cccc(OC)c2)c1. The number of carbonyl (C=O) groups excluding carboxylic acids is 3. The van der Waals surface area contributed by atoms with Crippen molar-refractivity contribution in [3.63, 3.8) is 0 Å². The van der Waals surface area contributed by atoms with Crippen LogP contribution in [0.3, 0.4) is 0 Å². The minimum Gasteiger partial charge on any atom is -0.497 e. The third-order valence-electron chi connectivity index (χ3n) is 3.17. The Morgan fingerprint density at radius 3 is 2.36 bits per heavy atom. The summed E-state index contributed by atoms with van der Waals surface area (Å²) in [6.07, 6.45) is 0. The molecule has 0 aliphatic carbocycles. The molecule has 0 aliphatic heterocycles. The van der Waals surface area contributed by atoms with E-state index in [0.29, 0.717) is 11.4 Å². The summed E-state index contributed by atoms with van der Waals surface area (Å²) in [4.78, 5) is 35.6. The maximum Gasteiger partial charge on any atom is 0.337 e. The Morgan fingerprint density at radius 2 is 1.68 bits per heavy atom. The molecule has 0 saturated heterocycles. The number of anilines is 2. The Hall–Kier alpha value is -3.06. The highest BCUT2D eigenvalue weighted by molar-refractivity contribution is 6.44. The lowest BCUT2D eigenvalue weighted by Gasteiger charge is -2.10. The Balaban J connectivity index is 2.10. The van der Waals surface area contributed by atoms with E-state index in [9.17, 15) is 14.4 Å². The monoisotopic (exact) mass is 362 g/mol. The average molecular weight is 363 g/mol. The van der Waals surface area contributed by atoms with Gasteiger partial charge in [0.25, 0.3) is 0 Å². The van der Waals surface area contributed by atoms with Gasteiger partial charge in [-0.05, 0) is 30.3 Å². The van der Waals surface area contributed by atoms with Gasteiger partial charge >= 0.3 is 17.8 Å². The van der Waals surface area contributed by atoms with Crippen LogP contribution >= 0.6 is 11.6 Å². The molecular formula is C17H15ClN2O5. The minimum atomic E-state index is -0.938. The Bertz CT molecular complexity index is 822. The van der Waals surface area contributed by atoms with Crippen LogP contribution in [0.4, 0.5) is 11.4 Å². The van der Waals surface area contributed by atoms with E-state index in [4.69, 9.17) is 16.3 Å². The third kappa shape index (κ3) is 4.71. The van der Waals surface area contributed by atoms with Crippen LogP contribution in [0.2, 0.25) is 5.02 Å². The van der Waals surface area contributed by atoms with Crippen molar-refractivity contribution in [2.45, 2.75) is 0 Å². The van der Waals surface area contributed by atoms with E-state index >= 15 is 0 Å². The number of ether oxygens (including phenoxy) is 2. The summed E-state index contributed by atoms with van der Waals surface area (Å²) in [5.41, 5.74) is 0.708. The van der Waals surface area contributed by atoms with E-state index < -0.39 is 17.8 Å². The van der Waals surface area contributed by atoms with Gasteiger partial charge in [-0.2, -0.15) is 0 Å². The normalized spacial score (nSPS) is 9.88. The van der Waals surface area contributed by atoms with E-state index in [0.717, 1.165) is 0 Å². The molecule has 2 aromatic carbocycles. The van der Waals surface area contributed by atoms with Gasteiger partial charge in [0, 0.05) is 11.8 Å². The number of rotatable bonds is 4. The van der Waals surface area contributed by atoms with Crippen molar-refractivity contribution in [2.75, 3.05) is 24.9 Å². The molecule has 0 radical (unpaired) electrons. The van der Waals surface area contributed by atoms with Crippen LogP contribution in [0, 0.1) is 0 Å². The summed E-state index contributed by atoms with van der Waals surface area (Å²) >= 11 is 5.98. The molecule has 2 aromatic rings. The highest BCUT2D eigenvalue weighted by atomic mass is 35.5. The second kappa shape index (κ2) is 8.16. The summed E-state index contributed by atoms with van der Waals surface area (Å²) in [7, 11) is 2.72. The van der Waals surface area contributed by atoms with E-state index in [2.05, 4.69) is 15.4 Å². The van der Waals surface area contributed by atoms with Gasteiger partial charge < -0.3 is 20.1 Å². The van der Waals surface area contributed by atoms with Gasteiger partial charge in [0.1, 0.15) is 5.75 Å². The Labute approximate surface area is 148 Å². The van der Waals surface area contributed by atoms with Gasteiger partial charge in [0.15, 0.2) is 0 Å². The zero-order chi connectivity index (χ0) is 18.4. The highest BCUT2D eigenvalue weighted by Crippen LogP contribution is 2.23. The van der Waals surface area contributed by atoms with Gasteiger partial charge in [-0.1, -0.05) is 17.7 Å². The second-order valence-electron chi connectivity index (χ2n) is 4.83. The van der Waals surface area contributed by atoms with E-state index in [1.54, 1.807) is 24.3 Å². The van der Waals surface area contributed by atoms with Crippen molar-refractivity contribution in [1.82, 2.24) is 0 Å². The van der Waals surface area contributed by atoms with Crippen LogP contribution < -0.4 is 15.4 Å². The number of hydrogen-bond donors (Lipinski definition) is 2. The summed E-state index contributed by atoms with van der Waals surface area (Å²) < 4.78 is 9.64. The van der Waals surface area contributed by atoms with E-state index in [1.807, 2.05) is 0 Å². The van der Waals surface area contributed by atoms with Crippen LogP contribution in [-0.2, 0) is 14.3 Å². The number of methoxy groups -OCH3 is 2. The summed E-state index contributed by atoms with van der Waals surface area (Å²) in [6, 6.07) is 10.7. The highest BCUT2D eigenvalue weighted by Gasteiger charge is 2.17. The standard InChI is InChI=1S/C17H15ClN2O5/c1-24-12-5-3-4-11(9-12)19-15(21)16(22)20-14-8-10(17(23)25-2)6-7-13(14)18/h3-9H,1-2H3,(H,19,21)(H,20,22). The smallest absolute Gasteiger partial charge is 0.337 e. The lowest BCUT2D eigenvalue weighted by Crippen LogP contribution is -2.29. The molecule has 0 spiro atoms. The maximum atomic E-state index is 12.0. The van der Waals surface area contributed by atoms with E-state index in [1.165, 1.54) is 32.4 Å². The molecule has 0 aromatic heterocycles. The summed E-state index contributed by atoms with van der Waals surface area (Å²) in [6.45, 7) is 0. The zero-order valence-electron chi connectivity index (χ0n) is 13.5. The molecule has 0 bridgehead atoms. The number of nitrogens with one attached hydrogen (secondary N) is 2. The number of esters is 1. The number of hydrogen-bond acceptors (Lipinski definition) is 5. The molecule has 0 unspecified atom stereocenters.